The van der Waals surface area contributed by atoms with Crippen molar-refractivity contribution in [1.29, 1.82) is 0 Å². The third-order valence-electron chi connectivity index (χ3n) is 4.04. The van der Waals surface area contributed by atoms with Gasteiger partial charge in [-0.1, -0.05) is 24.3 Å². The Kier molecular flexibility index (Phi) is 6.10. The topological polar surface area (TPSA) is 77.0 Å². The number of methoxy groups -OCH3 is 3. The molecule has 2 N–H and O–H groups in total. The second-order valence-corrected chi connectivity index (χ2v) is 6.35. The summed E-state index contributed by atoms with van der Waals surface area (Å²) in [5.41, 5.74) is 1.27. The summed E-state index contributed by atoms with van der Waals surface area (Å²) in [7, 11) is 4.52. The van der Waals surface area contributed by atoms with E-state index in [1.807, 2.05) is 24.3 Å². The minimum Gasteiger partial charge on any atom is -0.493 e. The molecule has 0 heterocycles. The second kappa shape index (κ2) is 8.10. The lowest BCUT2D eigenvalue weighted by molar-refractivity contribution is 0.0785. The lowest BCUT2D eigenvalue weighted by atomic mass is 9.97. The maximum Gasteiger partial charge on any atom is 0.251 e. The van der Waals surface area contributed by atoms with E-state index in [0.717, 1.165) is 11.1 Å². The van der Waals surface area contributed by atoms with Gasteiger partial charge in [0, 0.05) is 12.1 Å². The largest absolute Gasteiger partial charge is 0.493 e. The fraction of sp³-hybridized carbons (Fsp3) is 0.350. The first-order valence-corrected chi connectivity index (χ1v) is 8.20. The fourth-order valence-corrected chi connectivity index (χ4v) is 2.53. The molecule has 140 valence electrons. The SMILES string of the molecule is COc1cc(C(=O)NCc2ccc(C(C)(C)O)cc2)cc(OC)c1OC. The van der Waals surface area contributed by atoms with Crippen LogP contribution in [0, 0.1) is 0 Å². The van der Waals surface area contributed by atoms with Crippen LogP contribution in [0.15, 0.2) is 36.4 Å². The van der Waals surface area contributed by atoms with Crippen LogP contribution in [-0.2, 0) is 12.1 Å². The lowest BCUT2D eigenvalue weighted by Gasteiger charge is -2.18. The number of rotatable bonds is 7. The molecule has 0 unspecified atom stereocenters. The van der Waals surface area contributed by atoms with Crippen LogP contribution in [0.25, 0.3) is 0 Å². The lowest BCUT2D eigenvalue weighted by Crippen LogP contribution is -2.23. The normalized spacial score (nSPS) is 11.0. The molecule has 0 fully saturated rings. The standard InChI is InChI=1S/C20H25NO5/c1-20(2,23)15-8-6-13(7-9-15)12-21-19(22)14-10-16(24-3)18(26-5)17(11-14)25-4/h6-11,23H,12H2,1-5H3,(H,21,22). The molecule has 1 amide bonds. The van der Waals surface area contributed by atoms with Crippen LogP contribution in [0.4, 0.5) is 0 Å². The number of benzene rings is 2. The van der Waals surface area contributed by atoms with Crippen molar-refractivity contribution in [2.45, 2.75) is 26.0 Å². The van der Waals surface area contributed by atoms with Crippen LogP contribution in [0.3, 0.4) is 0 Å². The Morgan fingerprint density at radius 1 is 1.00 bits per heavy atom. The average molecular weight is 359 g/mol. The van der Waals surface area contributed by atoms with Gasteiger partial charge in [0.05, 0.1) is 26.9 Å². The van der Waals surface area contributed by atoms with Crippen molar-refractivity contribution >= 4 is 5.91 Å². The van der Waals surface area contributed by atoms with Gasteiger partial charge in [-0.2, -0.15) is 0 Å². The second-order valence-electron chi connectivity index (χ2n) is 6.35. The number of carbonyl (C=O) groups excluding carboxylic acids is 1. The first kappa shape index (κ1) is 19.6. The Hall–Kier alpha value is -2.73. The Bertz CT molecular complexity index is 738. The van der Waals surface area contributed by atoms with Gasteiger partial charge in [-0.25, -0.2) is 0 Å². The highest BCUT2D eigenvalue weighted by Crippen LogP contribution is 2.38. The van der Waals surface area contributed by atoms with E-state index in [1.54, 1.807) is 26.0 Å². The summed E-state index contributed by atoms with van der Waals surface area (Å²) in [6.07, 6.45) is 0. The van der Waals surface area contributed by atoms with Gasteiger partial charge < -0.3 is 24.6 Å². The number of amides is 1. The summed E-state index contributed by atoms with van der Waals surface area (Å²) in [6, 6.07) is 10.7. The van der Waals surface area contributed by atoms with Crippen LogP contribution in [-0.4, -0.2) is 32.3 Å². The van der Waals surface area contributed by atoms with Crippen molar-refractivity contribution in [2.75, 3.05) is 21.3 Å². The number of aliphatic hydroxyl groups is 1. The maximum atomic E-state index is 12.5. The molecular weight excluding hydrogens is 334 g/mol. The van der Waals surface area contributed by atoms with E-state index in [0.29, 0.717) is 29.4 Å². The van der Waals surface area contributed by atoms with E-state index in [1.165, 1.54) is 21.3 Å². The monoisotopic (exact) mass is 359 g/mol. The zero-order chi connectivity index (χ0) is 19.3. The maximum absolute atomic E-state index is 12.5. The van der Waals surface area contributed by atoms with Crippen LogP contribution in [0.2, 0.25) is 0 Å². The van der Waals surface area contributed by atoms with Crippen molar-refractivity contribution in [1.82, 2.24) is 5.32 Å². The predicted molar refractivity (Wildman–Crippen MR) is 99.0 cm³/mol. The van der Waals surface area contributed by atoms with Gasteiger partial charge in [-0.15, -0.1) is 0 Å². The van der Waals surface area contributed by atoms with Gasteiger partial charge in [0.2, 0.25) is 5.75 Å². The summed E-state index contributed by atoms with van der Waals surface area (Å²) in [5.74, 6) is 1.03. The van der Waals surface area contributed by atoms with E-state index in [2.05, 4.69) is 5.32 Å². The van der Waals surface area contributed by atoms with Gasteiger partial charge in [-0.3, -0.25) is 4.79 Å². The molecule has 0 saturated heterocycles. The van der Waals surface area contributed by atoms with Crippen LogP contribution < -0.4 is 19.5 Å². The van der Waals surface area contributed by atoms with Crippen LogP contribution >= 0.6 is 0 Å². The van der Waals surface area contributed by atoms with Gasteiger partial charge in [0.25, 0.3) is 5.91 Å². The van der Waals surface area contributed by atoms with E-state index >= 15 is 0 Å². The molecule has 0 spiro atoms. The molecule has 26 heavy (non-hydrogen) atoms. The Labute approximate surface area is 153 Å². The van der Waals surface area contributed by atoms with E-state index in [9.17, 15) is 9.90 Å². The highest BCUT2D eigenvalue weighted by atomic mass is 16.5. The average Bonchev–Trinajstić information content (AvgIpc) is 2.64. The van der Waals surface area contributed by atoms with Gasteiger partial charge in [0.1, 0.15) is 0 Å². The Balaban J connectivity index is 2.13. The van der Waals surface area contributed by atoms with E-state index in [-0.39, 0.29) is 5.91 Å². The summed E-state index contributed by atoms with van der Waals surface area (Å²) in [5, 5.41) is 12.8. The predicted octanol–water partition coefficient (Wildman–Crippen LogP) is 2.87. The zero-order valence-corrected chi connectivity index (χ0v) is 15.8. The molecule has 0 atom stereocenters. The minimum atomic E-state index is -0.891. The molecule has 0 aliphatic heterocycles. The molecule has 2 aromatic rings. The van der Waals surface area contributed by atoms with Gasteiger partial charge in [0.15, 0.2) is 11.5 Å². The van der Waals surface area contributed by atoms with Gasteiger partial charge in [-0.05, 0) is 37.1 Å². The quantitative estimate of drug-likeness (QED) is 0.795. The van der Waals surface area contributed by atoms with Crippen molar-refractivity contribution in [3.63, 3.8) is 0 Å². The molecule has 0 aromatic heterocycles. The third kappa shape index (κ3) is 4.46. The Morgan fingerprint density at radius 3 is 1.96 bits per heavy atom. The van der Waals surface area contributed by atoms with Crippen LogP contribution in [0.5, 0.6) is 17.2 Å². The molecule has 0 bridgehead atoms. The number of hydrogen-bond acceptors (Lipinski definition) is 5. The first-order chi connectivity index (χ1) is 12.3. The molecule has 0 saturated carbocycles. The van der Waals surface area contributed by atoms with E-state index in [4.69, 9.17) is 14.2 Å². The number of hydrogen-bond donors (Lipinski definition) is 2. The van der Waals surface area contributed by atoms with Crippen molar-refractivity contribution in [3.05, 3.63) is 53.1 Å². The highest BCUT2D eigenvalue weighted by molar-refractivity contribution is 5.95. The molecule has 0 radical (unpaired) electrons. The molecule has 0 aliphatic rings. The molecule has 2 aromatic carbocycles. The van der Waals surface area contributed by atoms with Crippen molar-refractivity contribution in [2.24, 2.45) is 0 Å². The summed E-state index contributed by atoms with van der Waals surface area (Å²) >= 11 is 0. The third-order valence-corrected chi connectivity index (χ3v) is 4.04. The van der Waals surface area contributed by atoms with E-state index < -0.39 is 5.60 Å². The smallest absolute Gasteiger partial charge is 0.251 e. The highest BCUT2D eigenvalue weighted by Gasteiger charge is 2.17. The summed E-state index contributed by atoms with van der Waals surface area (Å²) in [6.45, 7) is 3.82. The number of carbonyl (C=O) groups is 1. The molecule has 6 heteroatoms. The molecule has 6 nitrogen and oxygen atoms in total. The van der Waals surface area contributed by atoms with Crippen molar-refractivity contribution < 1.29 is 24.1 Å². The van der Waals surface area contributed by atoms with Crippen LogP contribution in [0.1, 0.15) is 35.3 Å². The fourth-order valence-electron chi connectivity index (χ4n) is 2.53. The van der Waals surface area contributed by atoms with Crippen molar-refractivity contribution in [3.8, 4) is 17.2 Å². The number of nitrogens with one attached hydrogen (secondary N) is 1. The molecule has 0 aliphatic carbocycles. The Morgan fingerprint density at radius 2 is 1.54 bits per heavy atom. The molecular formula is C20H25NO5. The van der Waals surface area contributed by atoms with Gasteiger partial charge >= 0.3 is 0 Å². The zero-order valence-electron chi connectivity index (χ0n) is 15.8. The minimum absolute atomic E-state index is 0.254. The molecule has 2 rings (SSSR count). The first-order valence-electron chi connectivity index (χ1n) is 8.20. The summed E-state index contributed by atoms with van der Waals surface area (Å²) in [4.78, 5) is 12.5. The summed E-state index contributed by atoms with van der Waals surface area (Å²) < 4.78 is 15.8. The number of ether oxygens (including phenoxy) is 3.